The average molecular weight is 243 g/mol. The summed E-state index contributed by atoms with van der Waals surface area (Å²) in [5.41, 5.74) is 0.756. The van der Waals surface area contributed by atoms with Gasteiger partial charge in [-0.25, -0.2) is 4.79 Å². The molecule has 0 amide bonds. The second-order valence-electron chi connectivity index (χ2n) is 2.39. The third kappa shape index (κ3) is 1.58. The number of hydrogen-bond donors (Lipinski definition) is 0. The van der Waals surface area contributed by atoms with Crippen molar-refractivity contribution in [2.75, 3.05) is 7.11 Å². The summed E-state index contributed by atoms with van der Waals surface area (Å²) in [6, 6.07) is 3.53. The molecule has 1 rings (SSSR count). The third-order valence-corrected chi connectivity index (χ3v) is 2.29. The summed E-state index contributed by atoms with van der Waals surface area (Å²) in [6.45, 7) is 0. The van der Waals surface area contributed by atoms with Crippen LogP contribution in [0.1, 0.15) is 16.2 Å². The molecule has 0 aliphatic rings. The number of esters is 1. The Morgan fingerprint density at radius 1 is 1.77 bits per heavy atom. The van der Waals surface area contributed by atoms with E-state index in [9.17, 15) is 4.79 Å². The summed E-state index contributed by atoms with van der Waals surface area (Å²) in [6.07, 6.45) is 0. The summed E-state index contributed by atoms with van der Waals surface area (Å²) in [4.78, 5) is 11.1. The number of aromatic nitrogens is 1. The van der Waals surface area contributed by atoms with Gasteiger partial charge in [0, 0.05) is 7.05 Å². The summed E-state index contributed by atoms with van der Waals surface area (Å²) in [7, 11) is 2.94. The molecule has 0 aliphatic heterocycles. The minimum atomic E-state index is -0.454. The maximum Gasteiger partial charge on any atom is 0.354 e. The maximum atomic E-state index is 11.1. The Kier molecular flexibility index (Phi) is 2.73. The minimum Gasteiger partial charge on any atom is -0.464 e. The zero-order chi connectivity index (χ0) is 10.0. The van der Waals surface area contributed by atoms with Crippen molar-refractivity contribution < 1.29 is 9.53 Å². The molecular weight excluding hydrogens is 236 g/mol. The zero-order valence-electron chi connectivity index (χ0n) is 7.17. The largest absolute Gasteiger partial charge is 0.464 e. The monoisotopic (exact) mass is 242 g/mol. The Labute approximate surface area is 83.8 Å². The standard InChI is InChI=1S/C8H7BrN2O2/c1-11-6(8(12)13-2)3-5(9)7(11)4-10/h3H,1-2H3. The molecule has 0 atom stereocenters. The van der Waals surface area contributed by atoms with Crippen molar-refractivity contribution in [3.63, 3.8) is 0 Å². The Morgan fingerprint density at radius 3 is 2.77 bits per heavy atom. The lowest BCUT2D eigenvalue weighted by molar-refractivity contribution is 0.0590. The van der Waals surface area contributed by atoms with Gasteiger partial charge in [-0.05, 0) is 22.0 Å². The number of ether oxygens (including phenoxy) is 1. The van der Waals surface area contributed by atoms with E-state index in [1.807, 2.05) is 6.07 Å². The van der Waals surface area contributed by atoms with Gasteiger partial charge in [-0.1, -0.05) is 0 Å². The topological polar surface area (TPSA) is 55.0 Å². The molecule has 0 spiro atoms. The van der Waals surface area contributed by atoms with Crippen LogP contribution in [0, 0.1) is 11.3 Å². The lowest BCUT2D eigenvalue weighted by atomic mass is 10.4. The molecule has 0 N–H and O–H groups in total. The van der Waals surface area contributed by atoms with E-state index >= 15 is 0 Å². The molecule has 0 aromatic carbocycles. The quantitative estimate of drug-likeness (QED) is 0.701. The van der Waals surface area contributed by atoms with Crippen LogP contribution in [0.4, 0.5) is 0 Å². The molecule has 1 heterocycles. The van der Waals surface area contributed by atoms with Crippen LogP contribution in [0.25, 0.3) is 0 Å². The first-order valence-electron chi connectivity index (χ1n) is 3.45. The van der Waals surface area contributed by atoms with Crippen molar-refractivity contribution in [1.29, 1.82) is 5.26 Å². The average Bonchev–Trinajstić information content (AvgIpc) is 2.40. The first kappa shape index (κ1) is 9.81. The normalized spacial score (nSPS) is 9.38. The summed E-state index contributed by atoms with van der Waals surface area (Å²) >= 11 is 3.17. The molecule has 1 aromatic rings. The lowest BCUT2D eigenvalue weighted by Gasteiger charge is -2.00. The highest BCUT2D eigenvalue weighted by molar-refractivity contribution is 9.10. The van der Waals surface area contributed by atoms with Crippen molar-refractivity contribution >= 4 is 21.9 Å². The van der Waals surface area contributed by atoms with Gasteiger partial charge in [0.1, 0.15) is 17.5 Å². The molecule has 0 unspecified atom stereocenters. The first-order chi connectivity index (χ1) is 6.11. The molecule has 68 valence electrons. The van der Waals surface area contributed by atoms with Gasteiger partial charge in [0.25, 0.3) is 0 Å². The Balaban J connectivity index is 3.28. The van der Waals surface area contributed by atoms with Crippen molar-refractivity contribution in [3.05, 3.63) is 21.9 Å². The van der Waals surface area contributed by atoms with Crippen LogP contribution < -0.4 is 0 Å². The van der Waals surface area contributed by atoms with Crippen molar-refractivity contribution in [3.8, 4) is 6.07 Å². The molecule has 0 radical (unpaired) electrons. The molecular formula is C8H7BrN2O2. The van der Waals surface area contributed by atoms with E-state index in [2.05, 4.69) is 20.7 Å². The van der Waals surface area contributed by atoms with Gasteiger partial charge in [-0.15, -0.1) is 0 Å². The van der Waals surface area contributed by atoms with Gasteiger partial charge in [0.15, 0.2) is 0 Å². The van der Waals surface area contributed by atoms with Crippen LogP contribution in [0.2, 0.25) is 0 Å². The highest BCUT2D eigenvalue weighted by Gasteiger charge is 2.16. The minimum absolute atomic E-state index is 0.353. The van der Waals surface area contributed by atoms with Crippen LogP contribution >= 0.6 is 15.9 Å². The highest BCUT2D eigenvalue weighted by atomic mass is 79.9. The van der Waals surface area contributed by atoms with Crippen LogP contribution in [0.5, 0.6) is 0 Å². The van der Waals surface area contributed by atoms with Crippen molar-refractivity contribution in [2.45, 2.75) is 0 Å². The third-order valence-electron chi connectivity index (χ3n) is 1.69. The Hall–Kier alpha value is -1.28. The molecule has 0 saturated heterocycles. The fourth-order valence-corrected chi connectivity index (χ4v) is 1.57. The second-order valence-corrected chi connectivity index (χ2v) is 3.24. The molecule has 5 heteroatoms. The molecule has 4 nitrogen and oxygen atoms in total. The molecule has 13 heavy (non-hydrogen) atoms. The number of rotatable bonds is 1. The van der Waals surface area contributed by atoms with Crippen LogP contribution in [0.15, 0.2) is 10.5 Å². The van der Waals surface area contributed by atoms with Gasteiger partial charge in [-0.3, -0.25) is 0 Å². The fourth-order valence-electron chi connectivity index (χ4n) is 0.995. The maximum absolute atomic E-state index is 11.1. The smallest absolute Gasteiger partial charge is 0.354 e. The molecule has 0 saturated carbocycles. The predicted octanol–water partition coefficient (Wildman–Crippen LogP) is 1.45. The molecule has 0 fully saturated rings. The van der Waals surface area contributed by atoms with E-state index in [4.69, 9.17) is 5.26 Å². The molecule has 1 aromatic heterocycles. The van der Waals surface area contributed by atoms with E-state index in [0.717, 1.165) is 0 Å². The van der Waals surface area contributed by atoms with Crippen molar-refractivity contribution in [2.24, 2.45) is 7.05 Å². The van der Waals surface area contributed by atoms with Gasteiger partial charge in [-0.2, -0.15) is 5.26 Å². The number of methoxy groups -OCH3 is 1. The van der Waals surface area contributed by atoms with Crippen LogP contribution in [0.3, 0.4) is 0 Å². The van der Waals surface area contributed by atoms with E-state index in [1.54, 1.807) is 13.1 Å². The second kappa shape index (κ2) is 3.62. The first-order valence-corrected chi connectivity index (χ1v) is 4.24. The van der Waals surface area contributed by atoms with Crippen molar-refractivity contribution in [1.82, 2.24) is 4.57 Å². The van der Waals surface area contributed by atoms with E-state index in [-0.39, 0.29) is 0 Å². The predicted molar refractivity (Wildman–Crippen MR) is 49.2 cm³/mol. The summed E-state index contributed by atoms with van der Waals surface area (Å²) in [5, 5.41) is 8.71. The van der Waals surface area contributed by atoms with E-state index in [1.165, 1.54) is 11.7 Å². The van der Waals surface area contributed by atoms with Gasteiger partial charge < -0.3 is 9.30 Å². The number of nitrogens with zero attached hydrogens (tertiary/aromatic N) is 2. The number of nitriles is 1. The zero-order valence-corrected chi connectivity index (χ0v) is 8.75. The Morgan fingerprint density at radius 2 is 2.38 bits per heavy atom. The molecule has 0 bridgehead atoms. The number of halogens is 1. The number of carbonyl (C=O) groups excluding carboxylic acids is 1. The van der Waals surface area contributed by atoms with Crippen LogP contribution in [-0.2, 0) is 11.8 Å². The SMILES string of the molecule is COC(=O)c1cc(Br)c(C#N)n1C. The number of carbonyl (C=O) groups is 1. The van der Waals surface area contributed by atoms with Gasteiger partial charge >= 0.3 is 5.97 Å². The fraction of sp³-hybridized carbons (Fsp3) is 0.250. The number of hydrogen-bond acceptors (Lipinski definition) is 3. The highest BCUT2D eigenvalue weighted by Crippen LogP contribution is 2.20. The van der Waals surface area contributed by atoms with E-state index in [0.29, 0.717) is 15.9 Å². The Bertz CT molecular complexity index is 390. The summed E-state index contributed by atoms with van der Waals surface area (Å²) < 4.78 is 6.62. The van der Waals surface area contributed by atoms with Crippen LogP contribution in [-0.4, -0.2) is 17.6 Å². The van der Waals surface area contributed by atoms with E-state index < -0.39 is 5.97 Å². The summed E-state index contributed by atoms with van der Waals surface area (Å²) in [5.74, 6) is -0.454. The molecule has 0 aliphatic carbocycles. The van der Waals surface area contributed by atoms with Gasteiger partial charge in [0.05, 0.1) is 11.6 Å². The lowest BCUT2D eigenvalue weighted by Crippen LogP contribution is -2.08. The van der Waals surface area contributed by atoms with Gasteiger partial charge in [0.2, 0.25) is 0 Å².